The molecule has 2 amide bonds. The van der Waals surface area contributed by atoms with Crippen LogP contribution in [0.25, 0.3) is 0 Å². The topological polar surface area (TPSA) is 99.7 Å². The summed E-state index contributed by atoms with van der Waals surface area (Å²) in [5, 5.41) is 5.13. The number of amides is 2. The van der Waals surface area contributed by atoms with Gasteiger partial charge in [0.25, 0.3) is 0 Å². The molecular formula is C19H22N4O4S2. The maximum absolute atomic E-state index is 13.0. The molecule has 2 fully saturated rings. The van der Waals surface area contributed by atoms with E-state index in [-0.39, 0.29) is 22.6 Å². The summed E-state index contributed by atoms with van der Waals surface area (Å²) in [4.78, 5) is 30.1. The highest BCUT2D eigenvalue weighted by Gasteiger charge is 2.32. The zero-order valence-corrected chi connectivity index (χ0v) is 17.4. The SMILES string of the molecule is O=C(Nc1nccs1)C1CCN(S(=O)(=O)c2ccc(N3CCCC3=O)cc2)CC1. The molecule has 4 rings (SSSR count). The van der Waals surface area contributed by atoms with E-state index >= 15 is 0 Å². The van der Waals surface area contributed by atoms with Crippen LogP contribution in [0.1, 0.15) is 25.7 Å². The number of benzene rings is 1. The van der Waals surface area contributed by atoms with Gasteiger partial charge in [-0.05, 0) is 43.5 Å². The number of nitrogens with zero attached hydrogens (tertiary/aromatic N) is 3. The van der Waals surface area contributed by atoms with Crippen LogP contribution in [0.4, 0.5) is 10.8 Å². The third kappa shape index (κ3) is 4.19. The minimum absolute atomic E-state index is 0.0682. The number of anilines is 2. The predicted molar refractivity (Wildman–Crippen MR) is 110 cm³/mol. The van der Waals surface area contributed by atoms with Gasteiger partial charge in [-0.1, -0.05) is 0 Å². The van der Waals surface area contributed by atoms with Crippen molar-refractivity contribution in [2.75, 3.05) is 29.9 Å². The van der Waals surface area contributed by atoms with Gasteiger partial charge in [-0.15, -0.1) is 11.3 Å². The Morgan fingerprint density at radius 2 is 1.86 bits per heavy atom. The van der Waals surface area contributed by atoms with Crippen molar-refractivity contribution in [1.82, 2.24) is 9.29 Å². The molecule has 2 aliphatic heterocycles. The van der Waals surface area contributed by atoms with Crippen LogP contribution in [0.15, 0.2) is 40.7 Å². The zero-order chi connectivity index (χ0) is 20.4. The largest absolute Gasteiger partial charge is 0.312 e. The summed E-state index contributed by atoms with van der Waals surface area (Å²) in [5.74, 6) is -0.274. The van der Waals surface area contributed by atoms with Gasteiger partial charge < -0.3 is 10.2 Å². The number of piperidine rings is 1. The summed E-state index contributed by atoms with van der Waals surface area (Å²) in [6.45, 7) is 1.26. The monoisotopic (exact) mass is 434 g/mol. The predicted octanol–water partition coefficient (Wildman–Crippen LogP) is 2.31. The Morgan fingerprint density at radius 3 is 2.45 bits per heavy atom. The van der Waals surface area contributed by atoms with E-state index in [0.717, 1.165) is 12.1 Å². The maximum Gasteiger partial charge on any atom is 0.243 e. The number of thiazole rings is 1. The van der Waals surface area contributed by atoms with E-state index in [1.807, 2.05) is 0 Å². The van der Waals surface area contributed by atoms with Crippen LogP contribution in [0.3, 0.4) is 0 Å². The van der Waals surface area contributed by atoms with Gasteiger partial charge in [0.1, 0.15) is 0 Å². The lowest BCUT2D eigenvalue weighted by Gasteiger charge is -2.30. The van der Waals surface area contributed by atoms with Crippen LogP contribution in [-0.4, -0.2) is 49.2 Å². The van der Waals surface area contributed by atoms with Gasteiger partial charge in [-0.3, -0.25) is 9.59 Å². The lowest BCUT2D eigenvalue weighted by Crippen LogP contribution is -2.41. The molecule has 154 valence electrons. The smallest absolute Gasteiger partial charge is 0.243 e. The van der Waals surface area contributed by atoms with E-state index in [1.165, 1.54) is 15.6 Å². The molecule has 8 nitrogen and oxygen atoms in total. The van der Waals surface area contributed by atoms with Gasteiger partial charge in [0, 0.05) is 49.2 Å². The molecule has 1 N–H and O–H groups in total. The Balaban J connectivity index is 1.38. The second-order valence-corrected chi connectivity index (χ2v) is 9.98. The molecule has 1 aromatic heterocycles. The minimum atomic E-state index is -3.63. The van der Waals surface area contributed by atoms with Gasteiger partial charge in [-0.2, -0.15) is 4.31 Å². The van der Waals surface area contributed by atoms with Crippen molar-refractivity contribution in [2.45, 2.75) is 30.6 Å². The molecule has 2 saturated heterocycles. The average Bonchev–Trinajstić information content (AvgIpc) is 3.40. The van der Waals surface area contributed by atoms with E-state index in [9.17, 15) is 18.0 Å². The first-order valence-electron chi connectivity index (χ1n) is 9.56. The average molecular weight is 435 g/mol. The van der Waals surface area contributed by atoms with E-state index in [4.69, 9.17) is 0 Å². The molecule has 0 atom stereocenters. The summed E-state index contributed by atoms with van der Waals surface area (Å²) in [7, 11) is -3.63. The highest BCUT2D eigenvalue weighted by Crippen LogP contribution is 2.27. The lowest BCUT2D eigenvalue weighted by atomic mass is 9.97. The van der Waals surface area contributed by atoms with Gasteiger partial charge in [0.2, 0.25) is 21.8 Å². The highest BCUT2D eigenvalue weighted by molar-refractivity contribution is 7.89. The first kappa shape index (κ1) is 20.0. The fourth-order valence-corrected chi connectivity index (χ4v) is 5.72. The number of carbonyl (C=O) groups is 2. The number of aromatic nitrogens is 1. The first-order valence-corrected chi connectivity index (χ1v) is 11.9. The Hall–Kier alpha value is -2.30. The van der Waals surface area contributed by atoms with E-state index < -0.39 is 10.0 Å². The number of hydrogen-bond donors (Lipinski definition) is 1. The Labute approximate surface area is 173 Å². The van der Waals surface area contributed by atoms with Crippen LogP contribution < -0.4 is 10.2 Å². The Bertz CT molecular complexity index is 982. The van der Waals surface area contributed by atoms with Gasteiger partial charge in [0.05, 0.1) is 4.90 Å². The van der Waals surface area contributed by atoms with E-state index in [1.54, 1.807) is 40.7 Å². The van der Waals surface area contributed by atoms with Crippen molar-refractivity contribution in [3.63, 3.8) is 0 Å². The van der Waals surface area contributed by atoms with Crippen molar-refractivity contribution in [3.8, 4) is 0 Å². The molecular weight excluding hydrogens is 412 g/mol. The minimum Gasteiger partial charge on any atom is -0.312 e. The van der Waals surface area contributed by atoms with E-state index in [2.05, 4.69) is 10.3 Å². The fourth-order valence-electron chi connectivity index (χ4n) is 3.72. The third-order valence-electron chi connectivity index (χ3n) is 5.35. The number of rotatable bonds is 5. The van der Waals surface area contributed by atoms with Crippen molar-refractivity contribution in [3.05, 3.63) is 35.8 Å². The number of hydrogen-bond acceptors (Lipinski definition) is 6. The first-order chi connectivity index (χ1) is 13.9. The van der Waals surface area contributed by atoms with Crippen molar-refractivity contribution >= 4 is 44.0 Å². The fraction of sp³-hybridized carbons (Fsp3) is 0.421. The third-order valence-corrected chi connectivity index (χ3v) is 7.95. The molecule has 0 aliphatic carbocycles. The van der Waals surface area contributed by atoms with Gasteiger partial charge in [0.15, 0.2) is 5.13 Å². The normalized spacial score (nSPS) is 18.9. The molecule has 2 aliphatic rings. The van der Waals surface area contributed by atoms with Crippen molar-refractivity contribution in [1.29, 1.82) is 0 Å². The van der Waals surface area contributed by atoms with Crippen molar-refractivity contribution in [2.24, 2.45) is 5.92 Å². The molecule has 2 aromatic rings. The quantitative estimate of drug-likeness (QED) is 0.778. The molecule has 0 radical (unpaired) electrons. The molecule has 3 heterocycles. The van der Waals surface area contributed by atoms with E-state index in [0.29, 0.717) is 44.0 Å². The van der Waals surface area contributed by atoms with Crippen LogP contribution in [0.2, 0.25) is 0 Å². The Morgan fingerprint density at radius 1 is 1.14 bits per heavy atom. The molecule has 29 heavy (non-hydrogen) atoms. The van der Waals surface area contributed by atoms with Crippen LogP contribution in [-0.2, 0) is 19.6 Å². The summed E-state index contributed by atoms with van der Waals surface area (Å²) in [6, 6.07) is 6.48. The molecule has 0 bridgehead atoms. The zero-order valence-electron chi connectivity index (χ0n) is 15.8. The maximum atomic E-state index is 13.0. The summed E-state index contributed by atoms with van der Waals surface area (Å²) >= 11 is 1.35. The molecule has 0 unspecified atom stereocenters. The highest BCUT2D eigenvalue weighted by atomic mass is 32.2. The second-order valence-electron chi connectivity index (χ2n) is 7.15. The summed E-state index contributed by atoms with van der Waals surface area (Å²) < 4.78 is 27.3. The standard InChI is InChI=1S/C19H22N4O4S2/c24-17-2-1-10-23(17)15-3-5-16(6-4-15)29(26,27)22-11-7-14(8-12-22)18(25)21-19-20-9-13-28-19/h3-6,9,13-14H,1-2,7-8,10-12H2,(H,20,21,25). The lowest BCUT2D eigenvalue weighted by molar-refractivity contribution is -0.121. The van der Waals surface area contributed by atoms with Crippen LogP contribution >= 0.6 is 11.3 Å². The molecule has 0 spiro atoms. The summed E-state index contributed by atoms with van der Waals surface area (Å²) in [5.41, 5.74) is 0.726. The van der Waals surface area contributed by atoms with Crippen LogP contribution in [0.5, 0.6) is 0 Å². The Kier molecular flexibility index (Phi) is 5.66. The van der Waals surface area contributed by atoms with Gasteiger partial charge >= 0.3 is 0 Å². The number of carbonyl (C=O) groups excluding carboxylic acids is 2. The van der Waals surface area contributed by atoms with Crippen molar-refractivity contribution < 1.29 is 18.0 Å². The number of sulfonamides is 1. The molecule has 10 heteroatoms. The molecule has 0 saturated carbocycles. The molecule has 1 aromatic carbocycles. The van der Waals surface area contributed by atoms with Gasteiger partial charge in [-0.25, -0.2) is 13.4 Å². The second kappa shape index (κ2) is 8.21. The number of nitrogens with one attached hydrogen (secondary N) is 1. The summed E-state index contributed by atoms with van der Waals surface area (Å²) in [6.07, 6.45) is 3.92. The van der Waals surface area contributed by atoms with Crippen LogP contribution in [0, 0.1) is 5.92 Å².